The predicted octanol–water partition coefficient (Wildman–Crippen LogP) is 4.62. The van der Waals surface area contributed by atoms with Gasteiger partial charge < -0.3 is 5.32 Å². The van der Waals surface area contributed by atoms with Gasteiger partial charge in [0.25, 0.3) is 0 Å². The number of benzene rings is 2. The molecule has 1 heterocycles. The summed E-state index contributed by atoms with van der Waals surface area (Å²) >= 11 is 5.44. The number of hydrogen-bond acceptors (Lipinski definition) is 3. The Bertz CT molecular complexity index is 678. The van der Waals surface area contributed by atoms with Gasteiger partial charge in [-0.25, -0.2) is 0 Å². The number of halogens is 1. The van der Waals surface area contributed by atoms with E-state index in [2.05, 4.69) is 51.6 Å². The fourth-order valence-electron chi connectivity index (χ4n) is 2.36. The number of hydrogen-bond donors (Lipinski definition) is 1. The summed E-state index contributed by atoms with van der Waals surface area (Å²) in [7, 11) is 0. The third kappa shape index (κ3) is 2.70. The van der Waals surface area contributed by atoms with Gasteiger partial charge in [-0.3, -0.25) is 0 Å². The number of anilines is 1. The van der Waals surface area contributed by atoms with Crippen LogP contribution in [0.5, 0.6) is 0 Å². The predicted molar refractivity (Wildman–Crippen MR) is 87.3 cm³/mol. The Balaban J connectivity index is 1.71. The van der Waals surface area contributed by atoms with Gasteiger partial charge in [-0.05, 0) is 45.8 Å². The Morgan fingerprint density at radius 1 is 1.30 bits per heavy atom. The van der Waals surface area contributed by atoms with Gasteiger partial charge in [-0.15, -0.1) is 11.8 Å². The second-order valence-electron chi connectivity index (χ2n) is 4.73. The number of nitriles is 1. The van der Waals surface area contributed by atoms with Crippen LogP contribution >= 0.6 is 27.7 Å². The molecule has 0 radical (unpaired) electrons. The molecule has 0 fully saturated rings. The molecule has 0 aromatic heterocycles. The molecule has 1 aliphatic rings. The van der Waals surface area contributed by atoms with Crippen LogP contribution in [0.15, 0.2) is 51.8 Å². The van der Waals surface area contributed by atoms with Gasteiger partial charge in [0.05, 0.1) is 11.6 Å². The highest BCUT2D eigenvalue weighted by Gasteiger charge is 2.22. The fourth-order valence-corrected chi connectivity index (χ4v) is 4.13. The summed E-state index contributed by atoms with van der Waals surface area (Å²) in [5.41, 5.74) is 3.15. The molecule has 4 heteroatoms. The quantitative estimate of drug-likeness (QED) is 0.882. The van der Waals surface area contributed by atoms with E-state index in [0.717, 1.165) is 22.5 Å². The summed E-state index contributed by atoms with van der Waals surface area (Å²) in [5.74, 6) is 1.67. The van der Waals surface area contributed by atoms with Gasteiger partial charge in [0.2, 0.25) is 0 Å². The second kappa shape index (κ2) is 5.90. The first-order chi connectivity index (χ1) is 9.78. The van der Waals surface area contributed by atoms with Crippen LogP contribution in [0.2, 0.25) is 0 Å². The van der Waals surface area contributed by atoms with Crippen molar-refractivity contribution < 1.29 is 0 Å². The van der Waals surface area contributed by atoms with Crippen molar-refractivity contribution >= 4 is 33.4 Å². The summed E-state index contributed by atoms with van der Waals surface area (Å²) < 4.78 is 0.940. The minimum atomic E-state index is 0.541. The standard InChI is InChI=1S/C16H13BrN2S/c17-14-7-11(8-18)5-6-15(14)19-9-12-10-20-16-4-2-1-3-13(12)16/h1-7,12,19H,9-10H2. The molecule has 0 bridgehead atoms. The lowest BCUT2D eigenvalue weighted by molar-refractivity contribution is 0.818. The fraction of sp³-hybridized carbons (Fsp3) is 0.188. The van der Waals surface area contributed by atoms with E-state index in [1.807, 2.05) is 30.0 Å². The van der Waals surface area contributed by atoms with E-state index < -0.39 is 0 Å². The van der Waals surface area contributed by atoms with Crippen LogP contribution in [-0.4, -0.2) is 12.3 Å². The second-order valence-corrected chi connectivity index (χ2v) is 6.65. The van der Waals surface area contributed by atoms with E-state index in [1.54, 1.807) is 0 Å². The summed E-state index contributed by atoms with van der Waals surface area (Å²) in [6, 6.07) is 16.4. The zero-order valence-corrected chi connectivity index (χ0v) is 13.2. The number of nitrogens with zero attached hydrogens (tertiary/aromatic N) is 1. The van der Waals surface area contributed by atoms with Gasteiger partial charge in [0.15, 0.2) is 0 Å². The molecule has 1 atom stereocenters. The molecule has 0 amide bonds. The Labute approximate surface area is 131 Å². The van der Waals surface area contributed by atoms with Crippen LogP contribution in [0, 0.1) is 11.3 Å². The summed E-state index contributed by atoms with van der Waals surface area (Å²) in [4.78, 5) is 1.40. The van der Waals surface area contributed by atoms with E-state index in [9.17, 15) is 0 Å². The minimum Gasteiger partial charge on any atom is -0.383 e. The number of fused-ring (bicyclic) bond motifs is 1. The van der Waals surface area contributed by atoms with Gasteiger partial charge in [0, 0.05) is 33.3 Å². The molecule has 2 aromatic carbocycles. The van der Waals surface area contributed by atoms with Crippen molar-refractivity contribution in [3.05, 3.63) is 58.1 Å². The van der Waals surface area contributed by atoms with Crippen molar-refractivity contribution in [1.82, 2.24) is 0 Å². The average Bonchev–Trinajstić information content (AvgIpc) is 2.89. The molecule has 3 rings (SSSR count). The number of rotatable bonds is 3. The molecular formula is C16H13BrN2S. The molecule has 1 unspecified atom stereocenters. The third-order valence-corrected chi connectivity index (χ3v) is 5.34. The summed E-state index contributed by atoms with van der Waals surface area (Å²) in [6.45, 7) is 0.911. The van der Waals surface area contributed by atoms with Crippen molar-refractivity contribution in [1.29, 1.82) is 5.26 Å². The molecule has 0 spiro atoms. The first kappa shape index (κ1) is 13.5. The minimum absolute atomic E-state index is 0.541. The highest BCUT2D eigenvalue weighted by molar-refractivity contribution is 9.10. The Kier molecular flexibility index (Phi) is 4.00. The van der Waals surface area contributed by atoms with Crippen LogP contribution in [-0.2, 0) is 0 Å². The average molecular weight is 345 g/mol. The lowest BCUT2D eigenvalue weighted by Crippen LogP contribution is -2.12. The molecule has 1 aliphatic heterocycles. The first-order valence-electron chi connectivity index (χ1n) is 6.43. The zero-order chi connectivity index (χ0) is 13.9. The zero-order valence-electron chi connectivity index (χ0n) is 10.8. The maximum absolute atomic E-state index is 8.87. The monoisotopic (exact) mass is 344 g/mol. The smallest absolute Gasteiger partial charge is 0.0992 e. The maximum Gasteiger partial charge on any atom is 0.0992 e. The van der Waals surface area contributed by atoms with Crippen molar-refractivity contribution in [2.75, 3.05) is 17.6 Å². The van der Waals surface area contributed by atoms with E-state index >= 15 is 0 Å². The molecule has 0 saturated carbocycles. The van der Waals surface area contributed by atoms with Crippen LogP contribution in [0.4, 0.5) is 5.69 Å². The van der Waals surface area contributed by atoms with Crippen LogP contribution < -0.4 is 5.32 Å². The highest BCUT2D eigenvalue weighted by atomic mass is 79.9. The van der Waals surface area contributed by atoms with Crippen LogP contribution in [0.25, 0.3) is 0 Å². The van der Waals surface area contributed by atoms with Crippen molar-refractivity contribution in [3.63, 3.8) is 0 Å². The Hall–Kier alpha value is -1.44. The van der Waals surface area contributed by atoms with Crippen molar-refractivity contribution in [2.24, 2.45) is 0 Å². The van der Waals surface area contributed by atoms with E-state index in [1.165, 1.54) is 10.5 Å². The third-order valence-electron chi connectivity index (χ3n) is 3.44. The molecule has 2 aromatic rings. The summed E-state index contributed by atoms with van der Waals surface area (Å²) in [6.07, 6.45) is 0. The highest BCUT2D eigenvalue weighted by Crippen LogP contribution is 2.39. The van der Waals surface area contributed by atoms with Gasteiger partial charge in [-0.1, -0.05) is 18.2 Å². The van der Waals surface area contributed by atoms with E-state index in [-0.39, 0.29) is 0 Å². The number of thioether (sulfide) groups is 1. The molecule has 0 aliphatic carbocycles. The normalized spacial score (nSPS) is 16.5. The topological polar surface area (TPSA) is 35.8 Å². The Morgan fingerprint density at radius 3 is 2.95 bits per heavy atom. The van der Waals surface area contributed by atoms with Crippen LogP contribution in [0.1, 0.15) is 17.0 Å². The van der Waals surface area contributed by atoms with E-state index in [0.29, 0.717) is 11.5 Å². The lowest BCUT2D eigenvalue weighted by atomic mass is 10.0. The Morgan fingerprint density at radius 2 is 2.15 bits per heavy atom. The molecule has 0 saturated heterocycles. The molecule has 1 N–H and O–H groups in total. The van der Waals surface area contributed by atoms with Crippen molar-refractivity contribution in [3.8, 4) is 6.07 Å². The molecule has 100 valence electrons. The molecule has 20 heavy (non-hydrogen) atoms. The van der Waals surface area contributed by atoms with Crippen molar-refractivity contribution in [2.45, 2.75) is 10.8 Å². The molecule has 2 nitrogen and oxygen atoms in total. The summed E-state index contributed by atoms with van der Waals surface area (Å²) in [5, 5.41) is 12.3. The first-order valence-corrected chi connectivity index (χ1v) is 8.21. The van der Waals surface area contributed by atoms with Gasteiger partial charge >= 0.3 is 0 Å². The van der Waals surface area contributed by atoms with Gasteiger partial charge in [-0.2, -0.15) is 5.26 Å². The maximum atomic E-state index is 8.87. The number of nitrogens with one attached hydrogen (secondary N) is 1. The largest absolute Gasteiger partial charge is 0.383 e. The molecular weight excluding hydrogens is 332 g/mol. The SMILES string of the molecule is N#Cc1ccc(NCC2CSc3ccccc32)c(Br)c1. The van der Waals surface area contributed by atoms with E-state index in [4.69, 9.17) is 5.26 Å². The van der Waals surface area contributed by atoms with Gasteiger partial charge in [0.1, 0.15) is 0 Å². The van der Waals surface area contributed by atoms with Crippen LogP contribution in [0.3, 0.4) is 0 Å². The lowest BCUT2D eigenvalue weighted by Gasteiger charge is -2.14.